The highest BCUT2D eigenvalue weighted by Crippen LogP contribution is 2.54. The molecule has 134 valence electrons. The average Bonchev–Trinajstić information content (AvgIpc) is 3.24. The van der Waals surface area contributed by atoms with Gasteiger partial charge in [0.15, 0.2) is 11.2 Å². The van der Waals surface area contributed by atoms with Crippen LogP contribution < -0.4 is 5.73 Å². The second-order valence-corrected chi connectivity index (χ2v) is 7.18. The number of hydrogen-bond acceptors (Lipinski definition) is 7. The minimum atomic E-state index is -1.66. The van der Waals surface area contributed by atoms with Gasteiger partial charge in [0.05, 0.1) is 25.1 Å². The van der Waals surface area contributed by atoms with Gasteiger partial charge < -0.3 is 15.4 Å². The third-order valence-electron chi connectivity index (χ3n) is 4.92. The molecule has 2 aliphatic rings. The molecule has 0 saturated carbocycles. The zero-order valence-corrected chi connectivity index (χ0v) is 15.0. The maximum atomic E-state index is 12.8. The van der Waals surface area contributed by atoms with Crippen molar-refractivity contribution < 1.29 is 19.1 Å². The Labute approximate surface area is 154 Å². The van der Waals surface area contributed by atoms with Gasteiger partial charge in [-0.2, -0.15) is 5.26 Å². The van der Waals surface area contributed by atoms with Crippen LogP contribution in [0, 0.1) is 16.7 Å². The van der Waals surface area contributed by atoms with Gasteiger partial charge in [-0.25, -0.2) is 0 Å². The number of thiophene rings is 1. The number of hydrogen-bond donors (Lipinski definition) is 1. The molecule has 1 amide bonds. The van der Waals surface area contributed by atoms with E-state index in [0.717, 1.165) is 0 Å². The van der Waals surface area contributed by atoms with Gasteiger partial charge in [-0.15, -0.1) is 11.3 Å². The summed E-state index contributed by atoms with van der Waals surface area (Å²) in [5.41, 5.74) is 4.38. The summed E-state index contributed by atoms with van der Waals surface area (Å²) in [6.07, 6.45) is 4.67. The van der Waals surface area contributed by atoms with E-state index in [1.54, 1.807) is 34.6 Å². The molecule has 2 aliphatic heterocycles. The highest BCUT2D eigenvalue weighted by atomic mass is 32.1. The smallest absolute Gasteiger partial charge is 0.329 e. The molecule has 0 spiro atoms. The lowest BCUT2D eigenvalue weighted by atomic mass is 9.71. The van der Waals surface area contributed by atoms with Crippen molar-refractivity contribution in [2.45, 2.75) is 24.9 Å². The predicted octanol–water partition coefficient (Wildman–Crippen LogP) is 1.10. The highest BCUT2D eigenvalue weighted by Gasteiger charge is 2.66. The van der Waals surface area contributed by atoms with Crippen molar-refractivity contribution in [3.63, 3.8) is 0 Å². The number of esters is 1. The number of allylic oxidation sites excluding steroid dienone is 2. The summed E-state index contributed by atoms with van der Waals surface area (Å²) in [6, 6.07) is 3.92. The number of ketones is 1. The molecule has 0 unspecified atom stereocenters. The molecule has 8 heteroatoms. The molecule has 1 aromatic heterocycles. The maximum Gasteiger partial charge on any atom is 0.329 e. The van der Waals surface area contributed by atoms with Gasteiger partial charge in [0, 0.05) is 16.7 Å². The fourth-order valence-electron chi connectivity index (χ4n) is 3.79. The van der Waals surface area contributed by atoms with Gasteiger partial charge in [-0.05, 0) is 18.4 Å². The summed E-state index contributed by atoms with van der Waals surface area (Å²) in [6.45, 7) is 1.40. The molecule has 2 N–H and O–H groups in total. The van der Waals surface area contributed by atoms with Gasteiger partial charge in [-0.1, -0.05) is 18.2 Å². The number of methoxy groups -OCH3 is 1. The number of nitriles is 1. The third kappa shape index (κ3) is 2.35. The van der Waals surface area contributed by atoms with Crippen LogP contribution in [-0.2, 0) is 19.1 Å². The van der Waals surface area contributed by atoms with E-state index in [2.05, 4.69) is 6.07 Å². The Morgan fingerprint density at radius 2 is 2.15 bits per heavy atom. The number of ether oxygens (including phenoxy) is 1. The molecule has 3 rings (SSSR count). The van der Waals surface area contributed by atoms with Crippen molar-refractivity contribution in [2.75, 3.05) is 7.11 Å². The van der Waals surface area contributed by atoms with Crippen LogP contribution in [-0.4, -0.2) is 41.8 Å². The van der Waals surface area contributed by atoms with Crippen molar-refractivity contribution in [3.05, 3.63) is 46.3 Å². The number of nitrogens with two attached hydrogens (primary N) is 1. The zero-order valence-electron chi connectivity index (χ0n) is 14.2. The first-order valence-corrected chi connectivity index (χ1v) is 8.77. The highest BCUT2D eigenvalue weighted by molar-refractivity contribution is 7.10. The van der Waals surface area contributed by atoms with E-state index in [-0.39, 0.29) is 5.78 Å². The minimum absolute atomic E-state index is 0.192. The molecular formula is C18H17N3O4S. The number of Topliss-reactive ketones (excluding diaryl/α,β-unsaturated/α-hetero) is 1. The Hall–Kier alpha value is -2.92. The second-order valence-electron chi connectivity index (χ2n) is 6.20. The fourth-order valence-corrected chi connectivity index (χ4v) is 4.72. The molecular weight excluding hydrogens is 354 g/mol. The molecule has 7 nitrogen and oxygen atoms in total. The summed E-state index contributed by atoms with van der Waals surface area (Å²) in [5, 5.41) is 11.9. The normalized spacial score (nSPS) is 29.5. The number of rotatable bonds is 4. The van der Waals surface area contributed by atoms with Gasteiger partial charge in [0.1, 0.15) is 6.04 Å². The number of fused-ring (bicyclic) bond motifs is 1. The topological polar surface area (TPSA) is 113 Å². The third-order valence-corrected chi connectivity index (χ3v) is 5.87. The van der Waals surface area contributed by atoms with Gasteiger partial charge in [0.25, 0.3) is 0 Å². The predicted molar refractivity (Wildman–Crippen MR) is 93.6 cm³/mol. The largest absolute Gasteiger partial charge is 0.468 e. The van der Waals surface area contributed by atoms with Crippen LogP contribution in [0.2, 0.25) is 0 Å². The lowest BCUT2D eigenvalue weighted by molar-refractivity contribution is -0.150. The van der Waals surface area contributed by atoms with E-state index in [9.17, 15) is 19.6 Å². The summed E-state index contributed by atoms with van der Waals surface area (Å²) in [4.78, 5) is 39.1. The summed E-state index contributed by atoms with van der Waals surface area (Å²) >= 11 is 1.33. The van der Waals surface area contributed by atoms with E-state index in [1.807, 2.05) is 0 Å². The van der Waals surface area contributed by atoms with Crippen LogP contribution in [0.15, 0.2) is 41.4 Å². The Morgan fingerprint density at radius 1 is 1.42 bits per heavy atom. The molecule has 1 aromatic rings. The zero-order chi connectivity index (χ0) is 19.1. The fraction of sp³-hybridized carbons (Fsp3) is 0.333. The molecule has 0 aromatic carbocycles. The molecule has 0 bridgehead atoms. The number of carbonyl (C=O) groups excluding carboxylic acids is 3. The van der Waals surface area contributed by atoms with Gasteiger partial charge >= 0.3 is 5.97 Å². The van der Waals surface area contributed by atoms with Crippen molar-refractivity contribution in [2.24, 2.45) is 11.1 Å². The number of carbonyl (C=O) groups is 3. The van der Waals surface area contributed by atoms with E-state index >= 15 is 0 Å². The molecule has 1 fully saturated rings. The van der Waals surface area contributed by atoms with E-state index in [1.165, 1.54) is 31.6 Å². The molecule has 3 heterocycles. The Balaban J connectivity index is 2.28. The SMILES string of the molecule is COC(=O)[C@]1(C#N)[C@H](c2cccs2)[C@@H](C(N)=O)N2C=C(C(C)=O)C=C[C@@H]21. The number of amides is 1. The lowest BCUT2D eigenvalue weighted by Crippen LogP contribution is -2.45. The van der Waals surface area contributed by atoms with Crippen molar-refractivity contribution in [1.29, 1.82) is 5.26 Å². The first-order valence-electron chi connectivity index (χ1n) is 7.89. The molecule has 0 radical (unpaired) electrons. The maximum absolute atomic E-state index is 12.8. The Morgan fingerprint density at radius 3 is 2.65 bits per heavy atom. The van der Waals surface area contributed by atoms with Crippen molar-refractivity contribution in [1.82, 2.24) is 4.90 Å². The Bertz CT molecular complexity index is 867. The Kier molecular flexibility index (Phi) is 4.42. The van der Waals surface area contributed by atoms with Crippen molar-refractivity contribution in [3.8, 4) is 6.07 Å². The number of nitrogens with zero attached hydrogens (tertiary/aromatic N) is 2. The van der Waals surface area contributed by atoms with E-state index in [4.69, 9.17) is 10.5 Å². The molecule has 1 saturated heterocycles. The first kappa shape index (κ1) is 17.9. The molecule has 26 heavy (non-hydrogen) atoms. The van der Waals surface area contributed by atoms with Crippen molar-refractivity contribution >= 4 is 29.0 Å². The van der Waals surface area contributed by atoms with Crippen LogP contribution >= 0.6 is 11.3 Å². The van der Waals surface area contributed by atoms with Gasteiger partial charge in [0.2, 0.25) is 5.91 Å². The van der Waals surface area contributed by atoms with Gasteiger partial charge in [-0.3, -0.25) is 14.4 Å². The summed E-state index contributed by atoms with van der Waals surface area (Å²) in [5.74, 6) is -2.41. The average molecular weight is 371 g/mol. The number of primary amides is 1. The molecule has 0 aliphatic carbocycles. The van der Waals surface area contributed by atoms with Crippen LogP contribution in [0.5, 0.6) is 0 Å². The monoisotopic (exact) mass is 371 g/mol. The van der Waals surface area contributed by atoms with Crippen LogP contribution in [0.3, 0.4) is 0 Å². The van der Waals surface area contributed by atoms with Crippen LogP contribution in [0.4, 0.5) is 0 Å². The van der Waals surface area contributed by atoms with Crippen LogP contribution in [0.25, 0.3) is 0 Å². The first-order chi connectivity index (χ1) is 12.4. The quantitative estimate of drug-likeness (QED) is 0.793. The van der Waals surface area contributed by atoms with E-state index < -0.39 is 35.3 Å². The standard InChI is InChI=1S/C18H17N3O4S/c1-10(22)11-5-6-13-18(9-19,17(24)25-2)14(12-4-3-7-26-12)15(16(20)23)21(13)8-11/h3-8,13-15H,1-2H3,(H2,20,23)/t13-,14-,15+,18+/m1/s1. The summed E-state index contributed by atoms with van der Waals surface area (Å²) in [7, 11) is 1.21. The lowest BCUT2D eigenvalue weighted by Gasteiger charge is -2.32. The molecule has 4 atom stereocenters. The van der Waals surface area contributed by atoms with E-state index in [0.29, 0.717) is 10.5 Å². The summed E-state index contributed by atoms with van der Waals surface area (Å²) < 4.78 is 4.95. The minimum Gasteiger partial charge on any atom is -0.468 e. The second kappa shape index (κ2) is 6.42. The van der Waals surface area contributed by atoms with Crippen LogP contribution in [0.1, 0.15) is 17.7 Å².